The summed E-state index contributed by atoms with van der Waals surface area (Å²) in [5.41, 5.74) is 2.27. The second kappa shape index (κ2) is 9.67. The number of alkyl halides is 3. The fourth-order valence-corrected chi connectivity index (χ4v) is 3.48. The minimum absolute atomic E-state index is 0.0750. The van der Waals surface area contributed by atoms with Crippen LogP contribution in [0.4, 0.5) is 29.6 Å². The molecule has 3 aromatic rings. The van der Waals surface area contributed by atoms with Gasteiger partial charge in [-0.25, -0.2) is 23.7 Å². The molecule has 0 aliphatic carbocycles. The van der Waals surface area contributed by atoms with Crippen molar-refractivity contribution < 1.29 is 22.2 Å². The molecule has 3 N–H and O–H groups in total. The molecule has 2 amide bonds. The number of hydrogen-bond acceptors (Lipinski definition) is 4. The Balaban J connectivity index is 1.87. The third kappa shape index (κ3) is 6.59. The summed E-state index contributed by atoms with van der Waals surface area (Å²) in [6.45, 7) is 0.332. The Kier molecular flexibility index (Phi) is 6.98. The van der Waals surface area contributed by atoms with Crippen LogP contribution in [0.25, 0.3) is 11.1 Å². The van der Waals surface area contributed by atoms with E-state index in [0.29, 0.717) is 11.3 Å². The number of aromatic nitrogens is 2. The molecule has 7 nitrogen and oxygen atoms in total. The average molecular weight is 449 g/mol. The molecule has 0 bridgehead atoms. The topological polar surface area (TPSA) is 96.0 Å². The molecule has 0 aliphatic heterocycles. The Morgan fingerprint density at radius 2 is 1.81 bits per heavy atom. The van der Waals surface area contributed by atoms with Crippen LogP contribution in [0.5, 0.6) is 0 Å². The lowest BCUT2D eigenvalue weighted by Crippen LogP contribution is -2.30. The maximum absolute atomic E-state index is 12.5. The van der Waals surface area contributed by atoms with Crippen molar-refractivity contribution in [3.8, 4) is 11.1 Å². The summed E-state index contributed by atoms with van der Waals surface area (Å²) in [4.78, 5) is 20.6. The van der Waals surface area contributed by atoms with Gasteiger partial charge in [0.05, 0.1) is 10.6 Å². The second-order valence-electron chi connectivity index (χ2n) is 6.38. The normalized spacial score (nSPS) is 12.3. The first-order chi connectivity index (χ1) is 14.7. The van der Waals surface area contributed by atoms with Crippen LogP contribution >= 0.6 is 0 Å². The highest BCUT2D eigenvalue weighted by Crippen LogP contribution is 2.30. The van der Waals surface area contributed by atoms with E-state index in [9.17, 15) is 22.2 Å². The van der Waals surface area contributed by atoms with E-state index in [4.69, 9.17) is 0 Å². The number of nitrogens with zero attached hydrogens (tertiary/aromatic N) is 2. The molecule has 1 unspecified atom stereocenters. The molecule has 1 heterocycles. The molecule has 1 aromatic heterocycles. The van der Waals surface area contributed by atoms with E-state index in [1.54, 1.807) is 43.3 Å². The molecule has 11 heteroatoms. The number of urea groups is 1. The Bertz CT molecular complexity index is 1090. The van der Waals surface area contributed by atoms with Gasteiger partial charge in [0, 0.05) is 17.5 Å². The van der Waals surface area contributed by atoms with Crippen molar-refractivity contribution in [1.82, 2.24) is 14.7 Å². The van der Waals surface area contributed by atoms with E-state index >= 15 is 0 Å². The Morgan fingerprint density at radius 1 is 1.06 bits per heavy atom. The van der Waals surface area contributed by atoms with Crippen LogP contribution in [0.15, 0.2) is 65.7 Å². The molecule has 0 saturated heterocycles. The summed E-state index contributed by atoms with van der Waals surface area (Å²) < 4.78 is 51.5. The summed E-state index contributed by atoms with van der Waals surface area (Å²) in [6.07, 6.45) is -3.02. The maximum atomic E-state index is 12.5. The largest absolute Gasteiger partial charge is 0.402 e. The van der Waals surface area contributed by atoms with Gasteiger partial charge in [0.15, 0.2) is 0 Å². The van der Waals surface area contributed by atoms with Crippen molar-refractivity contribution in [3.05, 3.63) is 66.5 Å². The lowest BCUT2D eigenvalue weighted by atomic mass is 10.0. The third-order valence-corrected chi connectivity index (χ3v) is 5.05. The summed E-state index contributed by atoms with van der Waals surface area (Å²) in [5.74, 6) is 0.0883. The molecule has 0 spiro atoms. The lowest BCUT2D eigenvalue weighted by molar-refractivity contribution is -0.121. The van der Waals surface area contributed by atoms with Gasteiger partial charge in [-0.3, -0.25) is 5.32 Å². The van der Waals surface area contributed by atoms with Crippen molar-refractivity contribution >= 4 is 28.7 Å². The minimum Gasteiger partial charge on any atom is -0.307 e. The van der Waals surface area contributed by atoms with E-state index in [1.165, 1.54) is 18.3 Å². The van der Waals surface area contributed by atoms with E-state index < -0.39 is 29.7 Å². The van der Waals surface area contributed by atoms with Gasteiger partial charge in [0.2, 0.25) is 5.95 Å². The molecular weight excluding hydrogens is 431 g/mol. The number of amides is 2. The fraction of sp³-hybridized carbons (Fsp3) is 0.150. The standard InChI is InChI=1S/C20H18F3N5O2S/c1-13-9-10-24-18(26-13)28-19(29)27-17-11-15(31(30)25-12-20(21,22)23)7-8-16(17)14-5-3-2-4-6-14/h2-11,25H,12H2,1H3,(H2,24,26,27,28,29). The smallest absolute Gasteiger partial charge is 0.307 e. The van der Waals surface area contributed by atoms with Gasteiger partial charge >= 0.3 is 12.2 Å². The molecule has 162 valence electrons. The maximum Gasteiger partial charge on any atom is 0.402 e. The zero-order chi connectivity index (χ0) is 22.4. The van der Waals surface area contributed by atoms with Gasteiger partial charge in [0.1, 0.15) is 17.5 Å². The zero-order valence-electron chi connectivity index (χ0n) is 16.2. The van der Waals surface area contributed by atoms with Gasteiger partial charge in [-0.15, -0.1) is 0 Å². The number of halogens is 3. The summed E-state index contributed by atoms with van der Waals surface area (Å²) in [6, 6.07) is 14.4. The monoisotopic (exact) mass is 449 g/mol. The van der Waals surface area contributed by atoms with Gasteiger partial charge in [-0.1, -0.05) is 36.4 Å². The number of carbonyl (C=O) groups excluding carboxylic acids is 1. The minimum atomic E-state index is -4.51. The van der Waals surface area contributed by atoms with Crippen LogP contribution < -0.4 is 15.4 Å². The Labute approximate surface area is 178 Å². The van der Waals surface area contributed by atoms with E-state index in [2.05, 4.69) is 20.6 Å². The molecule has 0 radical (unpaired) electrons. The molecule has 0 fully saturated rings. The Morgan fingerprint density at radius 3 is 2.48 bits per heavy atom. The van der Waals surface area contributed by atoms with Crippen molar-refractivity contribution in [2.24, 2.45) is 0 Å². The van der Waals surface area contributed by atoms with Crippen molar-refractivity contribution in [2.75, 3.05) is 17.2 Å². The molecule has 1 atom stereocenters. The average Bonchev–Trinajstić information content (AvgIpc) is 2.72. The van der Waals surface area contributed by atoms with Gasteiger partial charge < -0.3 is 5.32 Å². The van der Waals surface area contributed by atoms with Crippen LogP contribution in [0.3, 0.4) is 0 Å². The SMILES string of the molecule is Cc1ccnc(NC(=O)Nc2cc(S(=O)NCC(F)(F)F)ccc2-c2ccccc2)n1. The number of carbonyl (C=O) groups is 1. The van der Waals surface area contributed by atoms with E-state index in [1.807, 2.05) is 10.8 Å². The fourth-order valence-electron chi connectivity index (χ4n) is 2.61. The van der Waals surface area contributed by atoms with Crippen molar-refractivity contribution in [2.45, 2.75) is 18.0 Å². The molecule has 2 aromatic carbocycles. The summed E-state index contributed by atoms with van der Waals surface area (Å²) in [5, 5.41) is 5.12. The van der Waals surface area contributed by atoms with Crippen molar-refractivity contribution in [1.29, 1.82) is 0 Å². The van der Waals surface area contributed by atoms with Crippen LogP contribution in [0.1, 0.15) is 5.69 Å². The van der Waals surface area contributed by atoms with Crippen LogP contribution in [-0.4, -0.2) is 32.9 Å². The van der Waals surface area contributed by atoms with Crippen LogP contribution in [-0.2, 0) is 11.0 Å². The van der Waals surface area contributed by atoms with Crippen LogP contribution in [0, 0.1) is 6.92 Å². The van der Waals surface area contributed by atoms with E-state index in [0.717, 1.165) is 5.56 Å². The second-order valence-corrected chi connectivity index (χ2v) is 7.68. The first-order valence-corrected chi connectivity index (χ1v) is 10.2. The van der Waals surface area contributed by atoms with Gasteiger partial charge in [-0.2, -0.15) is 13.2 Å². The highest BCUT2D eigenvalue weighted by atomic mass is 32.2. The quantitative estimate of drug-likeness (QED) is 0.524. The molecule has 31 heavy (non-hydrogen) atoms. The first-order valence-electron chi connectivity index (χ1n) is 9.00. The summed E-state index contributed by atoms with van der Waals surface area (Å²) >= 11 is 0. The predicted molar refractivity (Wildman–Crippen MR) is 112 cm³/mol. The van der Waals surface area contributed by atoms with E-state index in [-0.39, 0.29) is 16.5 Å². The third-order valence-electron chi connectivity index (χ3n) is 3.96. The van der Waals surface area contributed by atoms with Gasteiger partial charge in [0.25, 0.3) is 0 Å². The number of aryl methyl sites for hydroxylation is 1. The number of benzene rings is 2. The molecule has 0 saturated carbocycles. The van der Waals surface area contributed by atoms with Gasteiger partial charge in [-0.05, 0) is 30.7 Å². The summed E-state index contributed by atoms with van der Waals surface area (Å²) in [7, 11) is -2.13. The number of rotatable bonds is 6. The number of hydrogen-bond donors (Lipinski definition) is 3. The first kappa shape index (κ1) is 22.4. The Hall–Kier alpha value is -3.31. The number of nitrogens with one attached hydrogen (secondary N) is 3. The number of anilines is 2. The molecule has 0 aliphatic rings. The highest BCUT2D eigenvalue weighted by Gasteiger charge is 2.28. The predicted octanol–water partition coefficient (Wildman–Crippen LogP) is 4.27. The van der Waals surface area contributed by atoms with Crippen molar-refractivity contribution in [3.63, 3.8) is 0 Å². The highest BCUT2D eigenvalue weighted by molar-refractivity contribution is 7.83. The van der Waals surface area contributed by atoms with Crippen LogP contribution in [0.2, 0.25) is 0 Å². The lowest BCUT2D eigenvalue weighted by Gasteiger charge is -2.14. The zero-order valence-corrected chi connectivity index (χ0v) is 17.1. The molecular formula is C20H18F3N5O2S. The molecule has 3 rings (SSSR count).